The van der Waals surface area contributed by atoms with E-state index >= 15 is 0 Å². The molecule has 34 heavy (non-hydrogen) atoms. The number of thioether (sulfide) groups is 1. The van der Waals surface area contributed by atoms with E-state index in [0.717, 1.165) is 16.9 Å². The van der Waals surface area contributed by atoms with Crippen molar-refractivity contribution in [3.05, 3.63) is 95.6 Å². The van der Waals surface area contributed by atoms with Gasteiger partial charge < -0.3 is 10.1 Å². The first-order valence-corrected chi connectivity index (χ1v) is 11.4. The lowest BCUT2D eigenvalue weighted by molar-refractivity contribution is -0.115. The lowest BCUT2D eigenvalue weighted by Crippen LogP contribution is -2.20. The number of benzene rings is 3. The topological polar surface area (TPSA) is 99.0 Å². The van der Waals surface area contributed by atoms with Crippen molar-refractivity contribution in [1.82, 2.24) is 20.2 Å². The number of amides is 1. The molecule has 1 aromatic heterocycles. The molecule has 0 aliphatic rings. The van der Waals surface area contributed by atoms with Crippen LogP contribution in [0.2, 0.25) is 0 Å². The highest BCUT2D eigenvalue weighted by Gasteiger charge is 2.25. The normalized spacial score (nSPS) is 11.6. The van der Waals surface area contributed by atoms with Crippen molar-refractivity contribution in [3.63, 3.8) is 0 Å². The Labute approximate surface area is 201 Å². The van der Waals surface area contributed by atoms with Crippen molar-refractivity contribution in [2.24, 2.45) is 0 Å². The quantitative estimate of drug-likeness (QED) is 0.284. The number of ether oxygens (including phenoxy) is 1. The molecule has 0 spiro atoms. The molecule has 0 fully saturated rings. The zero-order valence-corrected chi connectivity index (χ0v) is 19.5. The number of carbonyl (C=O) groups excluding carboxylic acids is 2. The number of hydrogen-bond acceptors (Lipinski definition) is 7. The van der Waals surface area contributed by atoms with Crippen LogP contribution in [0.4, 0.5) is 5.69 Å². The molecule has 0 radical (unpaired) electrons. The summed E-state index contributed by atoms with van der Waals surface area (Å²) in [5.74, 6) is 0.461. The maximum Gasteiger partial charge on any atom is 0.242 e. The van der Waals surface area contributed by atoms with Gasteiger partial charge in [-0.2, -0.15) is 0 Å². The predicted molar refractivity (Wildman–Crippen MR) is 130 cm³/mol. The molecule has 4 rings (SSSR count). The highest BCUT2D eigenvalue weighted by Crippen LogP contribution is 2.35. The summed E-state index contributed by atoms with van der Waals surface area (Å²) >= 11 is 1.26. The Balaban J connectivity index is 1.57. The molecule has 172 valence electrons. The lowest BCUT2D eigenvalue weighted by Gasteiger charge is -2.17. The first kappa shape index (κ1) is 23.2. The van der Waals surface area contributed by atoms with Crippen LogP contribution in [0.25, 0.3) is 0 Å². The number of nitrogens with zero attached hydrogens (tertiary/aromatic N) is 4. The van der Waals surface area contributed by atoms with Gasteiger partial charge in [0.1, 0.15) is 11.0 Å². The second kappa shape index (κ2) is 10.8. The van der Waals surface area contributed by atoms with Gasteiger partial charge in [-0.05, 0) is 52.7 Å². The van der Waals surface area contributed by atoms with Crippen molar-refractivity contribution >= 4 is 29.1 Å². The van der Waals surface area contributed by atoms with E-state index in [0.29, 0.717) is 23.0 Å². The lowest BCUT2D eigenvalue weighted by atomic mass is 10.1. The number of rotatable bonds is 9. The van der Waals surface area contributed by atoms with Crippen molar-refractivity contribution in [2.45, 2.75) is 23.9 Å². The van der Waals surface area contributed by atoms with Crippen LogP contribution in [0.5, 0.6) is 5.75 Å². The summed E-state index contributed by atoms with van der Waals surface area (Å²) in [6.07, 6.45) is 0. The summed E-state index contributed by atoms with van der Waals surface area (Å²) in [7, 11) is 1.62. The van der Waals surface area contributed by atoms with Crippen molar-refractivity contribution in [3.8, 4) is 5.75 Å². The Kier molecular flexibility index (Phi) is 7.34. The third-order valence-electron chi connectivity index (χ3n) is 5.09. The van der Waals surface area contributed by atoms with Crippen LogP contribution in [0, 0.1) is 0 Å². The third-order valence-corrected chi connectivity index (χ3v) is 6.32. The average Bonchev–Trinajstić information content (AvgIpc) is 3.30. The van der Waals surface area contributed by atoms with Gasteiger partial charge in [0.25, 0.3) is 0 Å². The molecular formula is C25H23N5O3S. The van der Waals surface area contributed by atoms with E-state index < -0.39 is 5.25 Å². The van der Waals surface area contributed by atoms with E-state index in [1.54, 1.807) is 36.1 Å². The van der Waals surface area contributed by atoms with Crippen LogP contribution in [-0.2, 0) is 11.3 Å². The Bertz CT molecular complexity index is 1280. The number of hydrogen-bond donors (Lipinski definition) is 1. The van der Waals surface area contributed by atoms with E-state index in [4.69, 9.17) is 4.74 Å². The predicted octanol–water partition coefficient (Wildman–Crippen LogP) is 4.40. The van der Waals surface area contributed by atoms with Gasteiger partial charge in [-0.15, -0.1) is 5.10 Å². The minimum Gasteiger partial charge on any atom is -0.497 e. The SMILES string of the molecule is COc1ccc(Cn2nnnc2S[C@@H](C(=O)Nc2cccc(C(C)=O)c2)c2ccccc2)cc1. The Morgan fingerprint density at radius 1 is 1.03 bits per heavy atom. The highest BCUT2D eigenvalue weighted by molar-refractivity contribution is 8.00. The largest absolute Gasteiger partial charge is 0.497 e. The Morgan fingerprint density at radius 3 is 2.50 bits per heavy atom. The highest BCUT2D eigenvalue weighted by atomic mass is 32.2. The van der Waals surface area contributed by atoms with Crippen LogP contribution in [0.1, 0.15) is 33.7 Å². The monoisotopic (exact) mass is 473 g/mol. The van der Waals surface area contributed by atoms with Crippen LogP contribution >= 0.6 is 11.8 Å². The number of ketones is 1. The van der Waals surface area contributed by atoms with Crippen molar-refractivity contribution < 1.29 is 14.3 Å². The molecule has 1 heterocycles. The summed E-state index contributed by atoms with van der Waals surface area (Å²) in [4.78, 5) is 25.1. The fourth-order valence-corrected chi connectivity index (χ4v) is 4.29. The molecular weight excluding hydrogens is 450 g/mol. The number of nitrogens with one attached hydrogen (secondary N) is 1. The molecule has 1 atom stereocenters. The zero-order chi connectivity index (χ0) is 23.9. The maximum absolute atomic E-state index is 13.4. The summed E-state index contributed by atoms with van der Waals surface area (Å²) in [5.41, 5.74) is 2.89. The second-order valence-corrected chi connectivity index (χ2v) is 8.57. The maximum atomic E-state index is 13.4. The van der Waals surface area contributed by atoms with E-state index in [2.05, 4.69) is 20.8 Å². The van der Waals surface area contributed by atoms with Crippen LogP contribution in [-0.4, -0.2) is 39.0 Å². The van der Waals surface area contributed by atoms with E-state index in [1.807, 2.05) is 54.6 Å². The number of aromatic nitrogens is 4. The van der Waals surface area contributed by atoms with Gasteiger partial charge in [0.05, 0.1) is 13.7 Å². The molecule has 4 aromatic rings. The molecule has 0 bridgehead atoms. The Hall–Kier alpha value is -3.98. The molecule has 9 heteroatoms. The molecule has 8 nitrogen and oxygen atoms in total. The van der Waals surface area contributed by atoms with Crippen molar-refractivity contribution in [2.75, 3.05) is 12.4 Å². The smallest absolute Gasteiger partial charge is 0.242 e. The molecule has 0 aliphatic carbocycles. The standard InChI is InChI=1S/C25H23N5O3S/c1-17(31)20-9-6-10-21(15-20)26-24(32)23(19-7-4-3-5-8-19)34-25-27-28-29-30(25)16-18-11-13-22(33-2)14-12-18/h3-15,23H,16H2,1-2H3,(H,26,32)/t23-/m1/s1. The first-order chi connectivity index (χ1) is 16.5. The summed E-state index contributed by atoms with van der Waals surface area (Å²) in [6.45, 7) is 1.94. The second-order valence-electron chi connectivity index (χ2n) is 7.50. The molecule has 1 amide bonds. The van der Waals surface area contributed by atoms with E-state index in [9.17, 15) is 9.59 Å². The number of Topliss-reactive ketones (excluding diaryl/α,β-unsaturated/α-hetero) is 1. The minimum atomic E-state index is -0.609. The molecule has 1 N–H and O–H groups in total. The molecule has 0 aliphatic heterocycles. The van der Waals surface area contributed by atoms with Gasteiger partial charge in [0.2, 0.25) is 11.1 Å². The Morgan fingerprint density at radius 2 is 1.79 bits per heavy atom. The number of methoxy groups -OCH3 is 1. The number of carbonyl (C=O) groups is 2. The number of tetrazole rings is 1. The number of anilines is 1. The minimum absolute atomic E-state index is 0.0669. The van der Waals surface area contributed by atoms with Crippen LogP contribution in [0.15, 0.2) is 84.0 Å². The fraction of sp³-hybridized carbons (Fsp3) is 0.160. The van der Waals surface area contributed by atoms with Gasteiger partial charge in [0, 0.05) is 11.3 Å². The van der Waals surface area contributed by atoms with Crippen LogP contribution < -0.4 is 10.1 Å². The molecule has 0 saturated carbocycles. The first-order valence-electron chi connectivity index (χ1n) is 10.6. The summed E-state index contributed by atoms with van der Waals surface area (Å²) in [5, 5.41) is 14.9. The molecule has 0 saturated heterocycles. The summed E-state index contributed by atoms with van der Waals surface area (Å²) in [6, 6.07) is 24.0. The van der Waals surface area contributed by atoms with E-state index in [1.165, 1.54) is 18.7 Å². The summed E-state index contributed by atoms with van der Waals surface area (Å²) < 4.78 is 6.87. The average molecular weight is 474 g/mol. The van der Waals surface area contributed by atoms with Gasteiger partial charge in [0.15, 0.2) is 5.78 Å². The van der Waals surface area contributed by atoms with Gasteiger partial charge in [-0.25, -0.2) is 4.68 Å². The van der Waals surface area contributed by atoms with Crippen molar-refractivity contribution in [1.29, 1.82) is 0 Å². The van der Waals surface area contributed by atoms with E-state index in [-0.39, 0.29) is 11.7 Å². The zero-order valence-electron chi connectivity index (χ0n) is 18.7. The molecule has 3 aromatic carbocycles. The van der Waals surface area contributed by atoms with Gasteiger partial charge >= 0.3 is 0 Å². The van der Waals surface area contributed by atoms with Gasteiger partial charge in [-0.1, -0.05) is 66.4 Å². The molecule has 0 unspecified atom stereocenters. The third kappa shape index (κ3) is 5.68. The van der Waals surface area contributed by atoms with Crippen LogP contribution in [0.3, 0.4) is 0 Å². The fourth-order valence-electron chi connectivity index (χ4n) is 3.31. The van der Waals surface area contributed by atoms with Gasteiger partial charge in [-0.3, -0.25) is 9.59 Å².